The molecule has 1 unspecified atom stereocenters. The highest BCUT2D eigenvalue weighted by Gasteiger charge is 2.37. The lowest BCUT2D eigenvalue weighted by Gasteiger charge is -2.36. The van der Waals surface area contributed by atoms with Crippen molar-refractivity contribution in [1.82, 2.24) is 19.4 Å². The molecule has 3 heterocycles. The molecule has 1 N–H and O–H groups in total. The maximum Gasteiger partial charge on any atom is 0.318 e. The molecule has 182 valence electrons. The number of nitrogens with one attached hydrogen (secondary N) is 1. The number of carbonyl (C=O) groups excluding carboxylic acids is 1. The smallest absolute Gasteiger partial charge is 0.318 e. The fourth-order valence-corrected chi connectivity index (χ4v) is 6.27. The van der Waals surface area contributed by atoms with E-state index in [9.17, 15) is 13.2 Å². The summed E-state index contributed by atoms with van der Waals surface area (Å²) < 4.78 is 38.5. The zero-order valence-electron chi connectivity index (χ0n) is 19.3. The molecule has 0 aliphatic carbocycles. The van der Waals surface area contributed by atoms with Crippen molar-refractivity contribution in [3.05, 3.63) is 53.6 Å². The van der Waals surface area contributed by atoms with Gasteiger partial charge in [-0.15, -0.1) is 0 Å². The molecule has 3 aliphatic heterocycles. The van der Waals surface area contributed by atoms with Crippen LogP contribution in [0.1, 0.15) is 24.0 Å². The van der Waals surface area contributed by atoms with Gasteiger partial charge >= 0.3 is 6.03 Å². The molecule has 0 bridgehead atoms. The Morgan fingerprint density at radius 3 is 2.50 bits per heavy atom. The normalized spacial score (nSPS) is 21.1. The van der Waals surface area contributed by atoms with Crippen LogP contribution >= 0.6 is 0 Å². The van der Waals surface area contributed by atoms with Gasteiger partial charge in [0, 0.05) is 39.3 Å². The number of fused-ring (bicyclic) bond motifs is 1. The molecule has 3 aliphatic rings. The molecule has 2 aromatic rings. The highest BCUT2D eigenvalue weighted by atomic mass is 32.2. The molecule has 0 spiro atoms. The van der Waals surface area contributed by atoms with Crippen molar-refractivity contribution in [2.24, 2.45) is 0 Å². The van der Waals surface area contributed by atoms with Crippen LogP contribution in [0.5, 0.6) is 11.5 Å². The first-order valence-electron chi connectivity index (χ1n) is 11.6. The Bertz CT molecular complexity index is 1150. The average molecular weight is 487 g/mol. The van der Waals surface area contributed by atoms with Gasteiger partial charge in [0.25, 0.3) is 0 Å². The minimum atomic E-state index is -3.66. The Morgan fingerprint density at radius 2 is 1.74 bits per heavy atom. The number of rotatable bonds is 5. The third-order valence-corrected chi connectivity index (χ3v) is 8.55. The second-order valence-electron chi connectivity index (χ2n) is 8.99. The minimum Gasteiger partial charge on any atom is -0.454 e. The molecule has 10 heteroatoms. The van der Waals surface area contributed by atoms with Crippen LogP contribution in [0.15, 0.2) is 47.4 Å². The Hall–Kier alpha value is -2.82. The number of piperazine rings is 1. The molecule has 1 atom stereocenters. The van der Waals surface area contributed by atoms with Crippen LogP contribution in [0.4, 0.5) is 4.79 Å². The number of hydrogen-bond donors (Lipinski definition) is 1. The number of sulfonamides is 1. The second kappa shape index (κ2) is 9.44. The molecule has 2 saturated heterocycles. The fraction of sp³-hybridized carbons (Fsp3) is 0.458. The fourth-order valence-electron chi connectivity index (χ4n) is 4.66. The standard InChI is InChI=1S/C24H30N4O5S/c1-18-4-7-20(8-5-18)34(30,31)28-10-2-3-23(28)25-24(29)27-13-11-26(12-14-27)16-19-6-9-21-22(15-19)33-17-32-21/h4-9,15,23H,2-3,10-14,16-17H2,1H3,(H,25,29). The zero-order valence-corrected chi connectivity index (χ0v) is 20.1. The van der Waals surface area contributed by atoms with Gasteiger partial charge in [-0.1, -0.05) is 23.8 Å². The molecular weight excluding hydrogens is 456 g/mol. The van der Waals surface area contributed by atoms with E-state index in [-0.39, 0.29) is 17.7 Å². The quantitative estimate of drug-likeness (QED) is 0.698. The Kier molecular flexibility index (Phi) is 6.37. The van der Waals surface area contributed by atoms with E-state index in [1.165, 1.54) is 4.31 Å². The van der Waals surface area contributed by atoms with Crippen LogP contribution in [0.3, 0.4) is 0 Å². The van der Waals surface area contributed by atoms with E-state index in [1.807, 2.05) is 25.1 Å². The first-order chi connectivity index (χ1) is 16.4. The largest absolute Gasteiger partial charge is 0.454 e. The first kappa shape index (κ1) is 22.9. The molecular formula is C24H30N4O5S. The number of urea groups is 1. The topological polar surface area (TPSA) is 91.4 Å². The van der Waals surface area contributed by atoms with Crippen LogP contribution in [0, 0.1) is 6.92 Å². The van der Waals surface area contributed by atoms with Gasteiger partial charge in [0.15, 0.2) is 11.5 Å². The first-order valence-corrected chi connectivity index (χ1v) is 13.1. The lowest BCUT2D eigenvalue weighted by Crippen LogP contribution is -2.55. The number of benzene rings is 2. The van der Waals surface area contributed by atoms with Gasteiger partial charge < -0.3 is 19.7 Å². The number of nitrogens with zero attached hydrogens (tertiary/aromatic N) is 3. The molecule has 2 fully saturated rings. The summed E-state index contributed by atoms with van der Waals surface area (Å²) in [6.07, 6.45) is 0.811. The van der Waals surface area contributed by atoms with Gasteiger partial charge in [-0.05, 0) is 49.6 Å². The zero-order chi connectivity index (χ0) is 23.7. The summed E-state index contributed by atoms with van der Waals surface area (Å²) in [4.78, 5) is 17.3. The van der Waals surface area contributed by atoms with Crippen molar-refractivity contribution in [3.63, 3.8) is 0 Å². The summed E-state index contributed by atoms with van der Waals surface area (Å²) in [6, 6.07) is 12.6. The van der Waals surface area contributed by atoms with Crippen LogP contribution in [0.25, 0.3) is 0 Å². The number of ether oxygens (including phenoxy) is 2. The molecule has 0 aromatic heterocycles. The molecule has 5 rings (SSSR count). The molecule has 0 radical (unpaired) electrons. The molecule has 2 aromatic carbocycles. The van der Waals surface area contributed by atoms with Crippen molar-refractivity contribution in [3.8, 4) is 11.5 Å². The van der Waals surface area contributed by atoms with Gasteiger partial charge in [-0.25, -0.2) is 13.2 Å². The summed E-state index contributed by atoms with van der Waals surface area (Å²) in [5.41, 5.74) is 2.15. The van der Waals surface area contributed by atoms with E-state index in [2.05, 4.69) is 10.2 Å². The number of amides is 2. The highest BCUT2D eigenvalue weighted by Crippen LogP contribution is 2.33. The van der Waals surface area contributed by atoms with E-state index < -0.39 is 16.2 Å². The lowest BCUT2D eigenvalue weighted by molar-refractivity contribution is 0.130. The minimum absolute atomic E-state index is 0.210. The Labute approximate surface area is 200 Å². The second-order valence-corrected chi connectivity index (χ2v) is 10.9. The molecule has 2 amide bonds. The van der Waals surface area contributed by atoms with Gasteiger partial charge in [0.2, 0.25) is 16.8 Å². The van der Waals surface area contributed by atoms with Crippen molar-refractivity contribution in [1.29, 1.82) is 0 Å². The van der Waals surface area contributed by atoms with Crippen LogP contribution < -0.4 is 14.8 Å². The monoisotopic (exact) mass is 486 g/mol. The van der Waals surface area contributed by atoms with Gasteiger partial charge in [-0.3, -0.25) is 4.90 Å². The predicted octanol–water partition coefficient (Wildman–Crippen LogP) is 2.36. The van der Waals surface area contributed by atoms with Crippen molar-refractivity contribution in [2.45, 2.75) is 37.4 Å². The summed E-state index contributed by atoms with van der Waals surface area (Å²) in [5, 5.41) is 2.96. The molecule has 0 saturated carbocycles. The summed E-state index contributed by atoms with van der Waals surface area (Å²) in [7, 11) is -3.66. The van der Waals surface area contributed by atoms with Crippen LogP contribution in [0.2, 0.25) is 0 Å². The molecule has 34 heavy (non-hydrogen) atoms. The average Bonchev–Trinajstić information content (AvgIpc) is 3.49. The van der Waals surface area contributed by atoms with E-state index in [1.54, 1.807) is 29.2 Å². The van der Waals surface area contributed by atoms with E-state index in [4.69, 9.17) is 9.47 Å². The Balaban J connectivity index is 1.15. The lowest BCUT2D eigenvalue weighted by atomic mass is 10.1. The number of hydrogen-bond acceptors (Lipinski definition) is 6. The SMILES string of the molecule is Cc1ccc(S(=O)(=O)N2CCCC2NC(=O)N2CCN(Cc3ccc4c(c3)OCO4)CC2)cc1. The predicted molar refractivity (Wildman–Crippen MR) is 126 cm³/mol. The number of aryl methyl sites for hydroxylation is 1. The maximum absolute atomic E-state index is 13.1. The van der Waals surface area contributed by atoms with Gasteiger partial charge in [0.1, 0.15) is 0 Å². The van der Waals surface area contributed by atoms with E-state index in [0.717, 1.165) is 48.7 Å². The van der Waals surface area contributed by atoms with Crippen LogP contribution in [-0.4, -0.2) is 74.2 Å². The van der Waals surface area contributed by atoms with Crippen molar-refractivity contribution < 1.29 is 22.7 Å². The van der Waals surface area contributed by atoms with Gasteiger partial charge in [0.05, 0.1) is 11.1 Å². The van der Waals surface area contributed by atoms with Crippen LogP contribution in [-0.2, 0) is 16.6 Å². The summed E-state index contributed by atoms with van der Waals surface area (Å²) >= 11 is 0. The van der Waals surface area contributed by atoms with E-state index >= 15 is 0 Å². The maximum atomic E-state index is 13.1. The molecule has 9 nitrogen and oxygen atoms in total. The third-order valence-electron chi connectivity index (χ3n) is 6.62. The van der Waals surface area contributed by atoms with Crippen molar-refractivity contribution >= 4 is 16.1 Å². The number of carbonyl (C=O) groups is 1. The Morgan fingerprint density at radius 1 is 1.00 bits per heavy atom. The highest BCUT2D eigenvalue weighted by molar-refractivity contribution is 7.89. The third kappa shape index (κ3) is 4.70. The summed E-state index contributed by atoms with van der Waals surface area (Å²) in [6.45, 7) is 6.04. The van der Waals surface area contributed by atoms with E-state index in [0.29, 0.717) is 26.1 Å². The van der Waals surface area contributed by atoms with Gasteiger partial charge in [-0.2, -0.15) is 4.31 Å². The van der Waals surface area contributed by atoms with Crippen molar-refractivity contribution in [2.75, 3.05) is 39.5 Å². The summed E-state index contributed by atoms with van der Waals surface area (Å²) in [5.74, 6) is 1.55.